The van der Waals surface area contributed by atoms with E-state index in [0.29, 0.717) is 14.6 Å². The zero-order valence-corrected chi connectivity index (χ0v) is 22.0. The summed E-state index contributed by atoms with van der Waals surface area (Å²) in [4.78, 5) is 16.8. The van der Waals surface area contributed by atoms with E-state index < -0.39 is 0 Å². The number of thioether (sulfide) groups is 2. The lowest BCUT2D eigenvalue weighted by Crippen LogP contribution is -2.48. The highest BCUT2D eigenvalue weighted by atomic mass is 32.2. The standard InChI is InChI=1S/C28H29NO2S3/c1-31-24-7-6-21(28-14-17-8-18(15-28)10-19(9-17)16-28)11-20(24)12-25-26(30)29(27(32)34-25)22-4-3-5-23(13-22)33-2/h3-7,11-13,17-19H,8-10,14-16H2,1-2H3/b25-12+. The predicted octanol–water partition coefficient (Wildman–Crippen LogP) is 7.29. The topological polar surface area (TPSA) is 29.5 Å². The van der Waals surface area contributed by atoms with E-state index in [2.05, 4.69) is 18.2 Å². The van der Waals surface area contributed by atoms with E-state index in [1.165, 1.54) is 55.9 Å². The van der Waals surface area contributed by atoms with Gasteiger partial charge in [0.1, 0.15) is 5.75 Å². The summed E-state index contributed by atoms with van der Waals surface area (Å²) in [5.41, 5.74) is 3.55. The van der Waals surface area contributed by atoms with Crippen LogP contribution in [0, 0.1) is 17.8 Å². The Morgan fingerprint density at radius 2 is 1.79 bits per heavy atom. The van der Waals surface area contributed by atoms with Gasteiger partial charge in [-0.25, -0.2) is 0 Å². The Bertz CT molecular complexity index is 1170. The van der Waals surface area contributed by atoms with Gasteiger partial charge in [0.2, 0.25) is 0 Å². The van der Waals surface area contributed by atoms with Crippen LogP contribution in [0.25, 0.3) is 6.08 Å². The summed E-state index contributed by atoms with van der Waals surface area (Å²) in [5, 5.41) is 0. The molecule has 7 rings (SSSR count). The number of hydrogen-bond donors (Lipinski definition) is 0. The summed E-state index contributed by atoms with van der Waals surface area (Å²) in [6.45, 7) is 0. The molecule has 1 amide bonds. The van der Waals surface area contributed by atoms with Crippen LogP contribution in [0.15, 0.2) is 52.3 Å². The third kappa shape index (κ3) is 3.82. The summed E-state index contributed by atoms with van der Waals surface area (Å²) in [6, 6.07) is 14.7. The Hall–Kier alpha value is -1.76. The maximum atomic E-state index is 13.4. The van der Waals surface area contributed by atoms with E-state index in [0.717, 1.165) is 39.6 Å². The number of carbonyl (C=O) groups is 1. The largest absolute Gasteiger partial charge is 0.496 e. The predicted molar refractivity (Wildman–Crippen MR) is 147 cm³/mol. The van der Waals surface area contributed by atoms with Crippen molar-refractivity contribution in [2.24, 2.45) is 17.8 Å². The Kier molecular flexibility index (Phi) is 5.82. The van der Waals surface area contributed by atoms with Gasteiger partial charge in [-0.1, -0.05) is 36.1 Å². The molecule has 0 aromatic heterocycles. The molecule has 0 spiro atoms. The highest BCUT2D eigenvalue weighted by Crippen LogP contribution is 2.61. The molecule has 6 heteroatoms. The first-order valence-corrected chi connectivity index (χ1v) is 14.5. The highest BCUT2D eigenvalue weighted by Gasteiger charge is 2.51. The number of anilines is 1. The number of ether oxygens (including phenoxy) is 1. The Morgan fingerprint density at radius 1 is 1.09 bits per heavy atom. The molecule has 4 bridgehead atoms. The van der Waals surface area contributed by atoms with Gasteiger partial charge >= 0.3 is 0 Å². The fourth-order valence-corrected chi connectivity index (χ4v) is 8.97. The summed E-state index contributed by atoms with van der Waals surface area (Å²) in [6.07, 6.45) is 12.3. The van der Waals surface area contributed by atoms with Crippen LogP contribution in [0.3, 0.4) is 0 Å². The third-order valence-corrected chi connectivity index (χ3v) is 10.3. The molecule has 4 aliphatic carbocycles. The van der Waals surface area contributed by atoms with Crippen LogP contribution in [0.5, 0.6) is 5.75 Å². The monoisotopic (exact) mass is 507 g/mol. The lowest BCUT2D eigenvalue weighted by Gasteiger charge is -2.57. The molecule has 34 heavy (non-hydrogen) atoms. The van der Waals surface area contributed by atoms with Gasteiger partial charge in [0.05, 0.1) is 17.7 Å². The molecule has 176 valence electrons. The molecule has 0 radical (unpaired) electrons. The normalized spacial score (nSPS) is 31.1. The quantitative estimate of drug-likeness (QED) is 0.241. The van der Waals surface area contributed by atoms with Gasteiger partial charge < -0.3 is 4.74 Å². The summed E-state index contributed by atoms with van der Waals surface area (Å²) in [5.74, 6) is 3.43. The average molecular weight is 508 g/mol. The second-order valence-electron chi connectivity index (χ2n) is 10.4. The fourth-order valence-electron chi connectivity index (χ4n) is 7.22. The van der Waals surface area contributed by atoms with Crippen molar-refractivity contribution in [3.63, 3.8) is 0 Å². The smallest absolute Gasteiger partial charge is 0.270 e. The SMILES string of the molecule is COc1ccc(C23CC4CC(CC(C4)C2)C3)cc1/C=C1/SC(=S)N(c2cccc(SC)c2)C1=O. The van der Waals surface area contributed by atoms with Gasteiger partial charge in [0.25, 0.3) is 5.91 Å². The van der Waals surface area contributed by atoms with Crippen LogP contribution in [0.1, 0.15) is 49.7 Å². The van der Waals surface area contributed by atoms with Gasteiger partial charge in [-0.2, -0.15) is 0 Å². The molecular formula is C28H29NO2S3. The summed E-state index contributed by atoms with van der Waals surface area (Å²) in [7, 11) is 1.70. The van der Waals surface area contributed by atoms with Gasteiger partial charge in [0.15, 0.2) is 4.32 Å². The van der Waals surface area contributed by atoms with Crippen molar-refractivity contribution >= 4 is 57.7 Å². The number of amides is 1. The van der Waals surface area contributed by atoms with Gasteiger partial charge in [-0.3, -0.25) is 9.69 Å². The van der Waals surface area contributed by atoms with Crippen LogP contribution in [-0.2, 0) is 10.2 Å². The molecule has 5 fully saturated rings. The minimum Gasteiger partial charge on any atom is -0.496 e. The van der Waals surface area contributed by atoms with E-state index >= 15 is 0 Å². The van der Waals surface area contributed by atoms with Crippen molar-refractivity contribution in [3.05, 3.63) is 58.5 Å². The Labute approximate surface area is 215 Å². The first kappa shape index (κ1) is 22.7. The molecule has 1 aliphatic heterocycles. The maximum Gasteiger partial charge on any atom is 0.270 e. The molecule has 0 atom stereocenters. The van der Waals surface area contributed by atoms with E-state index in [-0.39, 0.29) is 5.91 Å². The van der Waals surface area contributed by atoms with Gasteiger partial charge in [-0.05, 0) is 110 Å². The van der Waals surface area contributed by atoms with Crippen LogP contribution in [0.4, 0.5) is 5.69 Å². The van der Waals surface area contributed by atoms with Crippen LogP contribution in [-0.4, -0.2) is 23.6 Å². The summed E-state index contributed by atoms with van der Waals surface area (Å²) < 4.78 is 6.29. The minimum atomic E-state index is -0.0597. The van der Waals surface area contributed by atoms with Crippen LogP contribution in [0.2, 0.25) is 0 Å². The molecule has 1 saturated heterocycles. The minimum absolute atomic E-state index is 0.0597. The number of benzene rings is 2. The number of hydrogen-bond acceptors (Lipinski definition) is 5. The maximum absolute atomic E-state index is 13.4. The van der Waals surface area contributed by atoms with Gasteiger partial charge in [-0.15, -0.1) is 11.8 Å². The van der Waals surface area contributed by atoms with Gasteiger partial charge in [0, 0.05) is 10.5 Å². The molecule has 4 saturated carbocycles. The zero-order valence-electron chi connectivity index (χ0n) is 19.6. The molecule has 0 N–H and O–H groups in total. The van der Waals surface area contributed by atoms with E-state index in [4.69, 9.17) is 17.0 Å². The fraction of sp³-hybridized carbons (Fsp3) is 0.429. The first-order chi connectivity index (χ1) is 16.5. The van der Waals surface area contributed by atoms with E-state index in [1.807, 2.05) is 36.6 Å². The van der Waals surface area contributed by atoms with Crippen molar-refractivity contribution in [2.75, 3.05) is 18.3 Å². The van der Waals surface area contributed by atoms with Crippen molar-refractivity contribution in [3.8, 4) is 5.75 Å². The molecule has 1 heterocycles. The number of methoxy groups -OCH3 is 1. The Morgan fingerprint density at radius 3 is 2.44 bits per heavy atom. The highest BCUT2D eigenvalue weighted by molar-refractivity contribution is 8.27. The molecule has 3 nitrogen and oxygen atoms in total. The lowest BCUT2D eigenvalue weighted by molar-refractivity contribution is -0.113. The first-order valence-electron chi connectivity index (χ1n) is 12.1. The lowest BCUT2D eigenvalue weighted by atomic mass is 9.48. The molecule has 0 unspecified atom stereocenters. The van der Waals surface area contributed by atoms with E-state index in [9.17, 15) is 4.79 Å². The zero-order chi connectivity index (χ0) is 23.4. The van der Waals surface area contributed by atoms with E-state index in [1.54, 1.807) is 23.8 Å². The molecule has 5 aliphatic rings. The van der Waals surface area contributed by atoms with Crippen molar-refractivity contribution in [1.29, 1.82) is 0 Å². The second kappa shape index (κ2) is 8.72. The average Bonchev–Trinajstić information content (AvgIpc) is 3.10. The van der Waals surface area contributed by atoms with Crippen molar-refractivity contribution in [1.82, 2.24) is 0 Å². The summed E-state index contributed by atoms with van der Waals surface area (Å²) >= 11 is 8.66. The van der Waals surface area contributed by atoms with Crippen molar-refractivity contribution < 1.29 is 9.53 Å². The Balaban J connectivity index is 1.34. The van der Waals surface area contributed by atoms with Crippen LogP contribution >= 0.6 is 35.7 Å². The number of rotatable bonds is 5. The third-order valence-electron chi connectivity index (χ3n) is 8.27. The molecule has 2 aromatic carbocycles. The number of thiocarbonyl (C=S) groups is 1. The van der Waals surface area contributed by atoms with Crippen LogP contribution < -0.4 is 9.64 Å². The number of carbonyl (C=O) groups excluding carboxylic acids is 1. The van der Waals surface area contributed by atoms with Crippen molar-refractivity contribution in [2.45, 2.75) is 48.8 Å². The molecular weight excluding hydrogens is 479 g/mol. The molecule has 2 aromatic rings. The number of nitrogens with zero attached hydrogens (tertiary/aromatic N) is 1. The second-order valence-corrected chi connectivity index (χ2v) is 12.9.